The molecule has 0 spiro atoms. The highest BCUT2D eigenvalue weighted by Crippen LogP contribution is 2.29. The quantitative estimate of drug-likeness (QED) is 0.709. The second-order valence-corrected chi connectivity index (χ2v) is 5.17. The number of anilines is 2. The molecule has 5 heteroatoms. The molecule has 0 atom stereocenters. The summed E-state index contributed by atoms with van der Waals surface area (Å²) in [6.45, 7) is 4.09. The molecule has 0 aromatic heterocycles. The smallest absolute Gasteiger partial charge is 0.142 e. The van der Waals surface area contributed by atoms with E-state index in [0.717, 1.165) is 30.2 Å². The Bertz CT molecular complexity index is 590. The zero-order valence-electron chi connectivity index (χ0n) is 11.8. The van der Waals surface area contributed by atoms with E-state index in [2.05, 4.69) is 10.6 Å². The van der Waals surface area contributed by atoms with Crippen molar-refractivity contribution in [3.05, 3.63) is 52.5 Å². The predicted molar refractivity (Wildman–Crippen MR) is 91.1 cm³/mol. The first-order valence-electron chi connectivity index (χ1n) is 6.86. The van der Waals surface area contributed by atoms with Gasteiger partial charge in [0.15, 0.2) is 0 Å². The summed E-state index contributed by atoms with van der Waals surface area (Å²) < 4.78 is 5.57. The van der Waals surface area contributed by atoms with E-state index in [4.69, 9.17) is 27.9 Å². The molecule has 112 valence electrons. The maximum absolute atomic E-state index is 6.12. The van der Waals surface area contributed by atoms with Crippen LogP contribution in [0, 0.1) is 0 Å². The van der Waals surface area contributed by atoms with Crippen LogP contribution in [0.5, 0.6) is 5.75 Å². The summed E-state index contributed by atoms with van der Waals surface area (Å²) in [6, 6.07) is 13.4. The molecule has 3 nitrogen and oxygen atoms in total. The molecule has 0 radical (unpaired) electrons. The van der Waals surface area contributed by atoms with Crippen molar-refractivity contribution in [3.63, 3.8) is 0 Å². The van der Waals surface area contributed by atoms with Gasteiger partial charge in [-0.25, -0.2) is 0 Å². The van der Waals surface area contributed by atoms with Crippen LogP contribution in [-0.2, 0) is 0 Å². The van der Waals surface area contributed by atoms with Crippen molar-refractivity contribution in [1.82, 2.24) is 0 Å². The van der Waals surface area contributed by atoms with Crippen LogP contribution >= 0.6 is 23.2 Å². The van der Waals surface area contributed by atoms with Crippen LogP contribution in [0.25, 0.3) is 0 Å². The van der Waals surface area contributed by atoms with Gasteiger partial charge in [-0.3, -0.25) is 0 Å². The fourth-order valence-corrected chi connectivity index (χ4v) is 2.30. The molecule has 2 aromatic rings. The second-order valence-electron chi connectivity index (χ2n) is 4.38. The summed E-state index contributed by atoms with van der Waals surface area (Å²) in [5.41, 5.74) is 1.82. The number of ether oxygens (including phenoxy) is 1. The summed E-state index contributed by atoms with van der Waals surface area (Å²) in [5, 5.41) is 7.70. The molecule has 0 aliphatic carbocycles. The lowest BCUT2D eigenvalue weighted by Crippen LogP contribution is -2.14. The van der Waals surface area contributed by atoms with Gasteiger partial charge in [0.25, 0.3) is 0 Å². The Hall–Kier alpha value is -1.58. The van der Waals surface area contributed by atoms with E-state index in [9.17, 15) is 0 Å². The third-order valence-corrected chi connectivity index (χ3v) is 3.71. The number of hydrogen-bond donors (Lipinski definition) is 2. The van der Waals surface area contributed by atoms with E-state index in [1.165, 1.54) is 0 Å². The molecule has 0 amide bonds. The number of hydrogen-bond acceptors (Lipinski definition) is 3. The highest BCUT2D eigenvalue weighted by molar-refractivity contribution is 6.43. The largest absolute Gasteiger partial charge is 0.492 e. The van der Waals surface area contributed by atoms with Gasteiger partial charge in [-0.15, -0.1) is 0 Å². The van der Waals surface area contributed by atoms with Crippen LogP contribution < -0.4 is 15.4 Å². The summed E-state index contributed by atoms with van der Waals surface area (Å²) >= 11 is 12.1. The molecule has 2 N–H and O–H groups in total. The number of para-hydroxylation sites is 2. The third-order valence-electron chi connectivity index (χ3n) is 2.89. The molecule has 0 saturated carbocycles. The van der Waals surface area contributed by atoms with Crippen LogP contribution in [-0.4, -0.2) is 19.7 Å². The lowest BCUT2D eigenvalue weighted by Gasteiger charge is -2.13. The summed E-state index contributed by atoms with van der Waals surface area (Å²) in [4.78, 5) is 0. The van der Waals surface area contributed by atoms with E-state index in [0.29, 0.717) is 16.7 Å². The normalized spacial score (nSPS) is 10.2. The molecule has 0 saturated heterocycles. The molecular weight excluding hydrogens is 307 g/mol. The maximum atomic E-state index is 6.12. The van der Waals surface area contributed by atoms with Gasteiger partial charge in [0.2, 0.25) is 0 Å². The Balaban J connectivity index is 1.86. The fraction of sp³-hybridized carbons (Fsp3) is 0.250. The lowest BCUT2D eigenvalue weighted by molar-refractivity contribution is 0.342. The summed E-state index contributed by atoms with van der Waals surface area (Å²) in [5.74, 6) is 0.862. The molecule has 0 fully saturated rings. The van der Waals surface area contributed by atoms with Crippen molar-refractivity contribution in [2.45, 2.75) is 6.92 Å². The van der Waals surface area contributed by atoms with Crippen molar-refractivity contribution in [3.8, 4) is 5.75 Å². The van der Waals surface area contributed by atoms with Crippen molar-refractivity contribution >= 4 is 34.6 Å². The zero-order chi connectivity index (χ0) is 15.1. The third kappa shape index (κ3) is 4.45. The Kier molecular flexibility index (Phi) is 6.03. The second kappa shape index (κ2) is 8.01. The molecule has 21 heavy (non-hydrogen) atoms. The fourth-order valence-electron chi connectivity index (χ4n) is 1.93. The van der Waals surface area contributed by atoms with Crippen LogP contribution in [0.3, 0.4) is 0 Å². The molecule has 2 aromatic carbocycles. The molecule has 0 aliphatic heterocycles. The van der Waals surface area contributed by atoms with E-state index >= 15 is 0 Å². The maximum Gasteiger partial charge on any atom is 0.142 e. The highest BCUT2D eigenvalue weighted by atomic mass is 35.5. The van der Waals surface area contributed by atoms with Crippen molar-refractivity contribution in [2.24, 2.45) is 0 Å². The Morgan fingerprint density at radius 1 is 0.905 bits per heavy atom. The van der Waals surface area contributed by atoms with Gasteiger partial charge in [0.1, 0.15) is 5.75 Å². The first kappa shape index (κ1) is 15.8. The topological polar surface area (TPSA) is 33.3 Å². The van der Waals surface area contributed by atoms with Gasteiger partial charge in [0.05, 0.1) is 28.0 Å². The van der Waals surface area contributed by atoms with Crippen molar-refractivity contribution in [1.29, 1.82) is 0 Å². The van der Waals surface area contributed by atoms with Crippen molar-refractivity contribution < 1.29 is 4.74 Å². The van der Waals surface area contributed by atoms with Gasteiger partial charge < -0.3 is 15.4 Å². The number of halogens is 2. The Labute approximate surface area is 135 Å². The van der Waals surface area contributed by atoms with Gasteiger partial charge in [-0.05, 0) is 31.2 Å². The number of nitrogens with one attached hydrogen (secondary N) is 2. The minimum atomic E-state index is 0.550. The van der Waals surface area contributed by atoms with Gasteiger partial charge in [-0.2, -0.15) is 0 Å². The Morgan fingerprint density at radius 2 is 1.57 bits per heavy atom. The first-order valence-corrected chi connectivity index (χ1v) is 7.61. The molecular formula is C16H18Cl2N2O. The van der Waals surface area contributed by atoms with Crippen LogP contribution in [0.1, 0.15) is 6.92 Å². The lowest BCUT2D eigenvalue weighted by atomic mass is 10.3. The van der Waals surface area contributed by atoms with Gasteiger partial charge in [-0.1, -0.05) is 41.4 Å². The number of benzene rings is 2. The average molecular weight is 325 g/mol. The van der Waals surface area contributed by atoms with E-state index in [1.54, 1.807) is 6.07 Å². The molecule has 0 unspecified atom stereocenters. The monoisotopic (exact) mass is 324 g/mol. The minimum absolute atomic E-state index is 0.550. The van der Waals surface area contributed by atoms with Gasteiger partial charge in [0, 0.05) is 13.1 Å². The predicted octanol–water partition coefficient (Wildman–Crippen LogP) is 4.92. The number of rotatable bonds is 7. The minimum Gasteiger partial charge on any atom is -0.492 e. The SMILES string of the molecule is CCOc1ccccc1NCCNc1cccc(Cl)c1Cl. The van der Waals surface area contributed by atoms with Crippen LogP contribution in [0.2, 0.25) is 10.0 Å². The molecule has 0 bridgehead atoms. The standard InChI is InChI=1S/C16H18Cl2N2O/c1-2-21-15-9-4-3-7-13(15)19-10-11-20-14-8-5-6-12(17)16(14)18/h3-9,19-20H,2,10-11H2,1H3. The van der Waals surface area contributed by atoms with E-state index < -0.39 is 0 Å². The van der Waals surface area contributed by atoms with Gasteiger partial charge >= 0.3 is 0 Å². The van der Waals surface area contributed by atoms with Crippen molar-refractivity contribution in [2.75, 3.05) is 30.3 Å². The van der Waals surface area contributed by atoms with Crippen LogP contribution in [0.15, 0.2) is 42.5 Å². The molecule has 0 aliphatic rings. The summed E-state index contributed by atoms with van der Waals surface area (Å²) in [7, 11) is 0. The first-order chi connectivity index (χ1) is 10.2. The Morgan fingerprint density at radius 3 is 2.33 bits per heavy atom. The highest BCUT2D eigenvalue weighted by Gasteiger charge is 2.04. The van der Waals surface area contributed by atoms with E-state index in [1.807, 2.05) is 43.3 Å². The van der Waals surface area contributed by atoms with E-state index in [-0.39, 0.29) is 0 Å². The summed E-state index contributed by atoms with van der Waals surface area (Å²) in [6.07, 6.45) is 0. The average Bonchev–Trinajstić information content (AvgIpc) is 2.49. The van der Waals surface area contributed by atoms with Crippen LogP contribution in [0.4, 0.5) is 11.4 Å². The molecule has 2 rings (SSSR count). The molecule has 0 heterocycles. The zero-order valence-corrected chi connectivity index (χ0v) is 13.3.